The molecular formula is C20H29N3O3S. The fourth-order valence-corrected chi connectivity index (χ4v) is 4.78. The van der Waals surface area contributed by atoms with E-state index in [9.17, 15) is 13.2 Å². The van der Waals surface area contributed by atoms with E-state index in [1.165, 1.54) is 9.21 Å². The predicted molar refractivity (Wildman–Crippen MR) is 104 cm³/mol. The SMILES string of the molecule is CCN(CC#N)C(=O)C1CCN(S(=O)(=O)c2ccc(C(C)(C)C)cc2)CC1. The first kappa shape index (κ1) is 21.4. The van der Waals surface area contributed by atoms with Crippen molar-refractivity contribution in [2.45, 2.75) is 50.8 Å². The molecule has 0 aliphatic carbocycles. The highest BCUT2D eigenvalue weighted by Crippen LogP contribution is 2.27. The molecule has 1 heterocycles. The number of piperidine rings is 1. The van der Waals surface area contributed by atoms with Crippen LogP contribution in [-0.2, 0) is 20.2 Å². The molecule has 1 aromatic rings. The number of hydrogen-bond donors (Lipinski definition) is 0. The summed E-state index contributed by atoms with van der Waals surface area (Å²) in [4.78, 5) is 14.3. The number of carbonyl (C=O) groups excluding carboxylic acids is 1. The van der Waals surface area contributed by atoms with E-state index in [0.717, 1.165) is 5.56 Å². The van der Waals surface area contributed by atoms with Crippen molar-refractivity contribution < 1.29 is 13.2 Å². The zero-order chi connectivity index (χ0) is 20.2. The Hall–Kier alpha value is -1.91. The van der Waals surface area contributed by atoms with Gasteiger partial charge in [-0.2, -0.15) is 9.57 Å². The van der Waals surface area contributed by atoms with E-state index < -0.39 is 10.0 Å². The molecule has 1 aliphatic heterocycles. The van der Waals surface area contributed by atoms with Crippen LogP contribution in [0.25, 0.3) is 0 Å². The summed E-state index contributed by atoms with van der Waals surface area (Å²) in [5.74, 6) is -0.265. The molecule has 0 radical (unpaired) electrons. The molecule has 148 valence electrons. The van der Waals surface area contributed by atoms with Crippen LogP contribution in [-0.4, -0.2) is 49.7 Å². The van der Waals surface area contributed by atoms with Gasteiger partial charge in [0.1, 0.15) is 6.54 Å². The molecule has 0 atom stereocenters. The van der Waals surface area contributed by atoms with Crippen LogP contribution in [0, 0.1) is 17.2 Å². The molecule has 1 aromatic carbocycles. The molecule has 1 aliphatic rings. The molecule has 1 amide bonds. The van der Waals surface area contributed by atoms with Gasteiger partial charge in [0.15, 0.2) is 0 Å². The van der Waals surface area contributed by atoms with Crippen LogP contribution < -0.4 is 0 Å². The summed E-state index contributed by atoms with van der Waals surface area (Å²) in [5, 5.41) is 8.83. The quantitative estimate of drug-likeness (QED) is 0.723. The molecule has 27 heavy (non-hydrogen) atoms. The second kappa shape index (κ2) is 8.41. The van der Waals surface area contributed by atoms with Gasteiger partial charge in [-0.1, -0.05) is 32.9 Å². The molecule has 0 bridgehead atoms. The van der Waals surface area contributed by atoms with Gasteiger partial charge in [0, 0.05) is 25.6 Å². The summed E-state index contributed by atoms with van der Waals surface area (Å²) in [7, 11) is -3.55. The summed E-state index contributed by atoms with van der Waals surface area (Å²) in [6, 6.07) is 9.07. The highest BCUT2D eigenvalue weighted by molar-refractivity contribution is 7.89. The van der Waals surface area contributed by atoms with Crippen LogP contribution in [0.5, 0.6) is 0 Å². The van der Waals surface area contributed by atoms with Crippen molar-refractivity contribution >= 4 is 15.9 Å². The Bertz CT molecular complexity index is 796. The fraction of sp³-hybridized carbons (Fsp3) is 0.600. The van der Waals surface area contributed by atoms with E-state index in [1.54, 1.807) is 12.1 Å². The van der Waals surface area contributed by atoms with Gasteiger partial charge >= 0.3 is 0 Å². The summed E-state index contributed by atoms with van der Waals surface area (Å²) in [5.41, 5.74) is 1.05. The van der Waals surface area contributed by atoms with Crippen LogP contribution >= 0.6 is 0 Å². The van der Waals surface area contributed by atoms with E-state index in [1.807, 2.05) is 25.1 Å². The van der Waals surface area contributed by atoms with Gasteiger partial charge in [-0.25, -0.2) is 8.42 Å². The lowest BCUT2D eigenvalue weighted by atomic mass is 9.87. The van der Waals surface area contributed by atoms with E-state index in [2.05, 4.69) is 20.8 Å². The number of benzene rings is 1. The van der Waals surface area contributed by atoms with Crippen molar-refractivity contribution in [3.63, 3.8) is 0 Å². The molecular weight excluding hydrogens is 362 g/mol. The van der Waals surface area contributed by atoms with Crippen molar-refractivity contribution in [2.75, 3.05) is 26.2 Å². The number of rotatable bonds is 5. The van der Waals surface area contributed by atoms with Crippen molar-refractivity contribution in [3.8, 4) is 6.07 Å². The number of nitrogens with zero attached hydrogens (tertiary/aromatic N) is 3. The maximum Gasteiger partial charge on any atom is 0.243 e. The maximum absolute atomic E-state index is 12.9. The third-order valence-electron chi connectivity index (χ3n) is 5.12. The molecule has 1 fully saturated rings. The number of sulfonamides is 1. The third kappa shape index (κ3) is 4.88. The highest BCUT2D eigenvalue weighted by atomic mass is 32.2. The molecule has 2 rings (SSSR count). The molecule has 1 saturated heterocycles. The average Bonchev–Trinajstić information content (AvgIpc) is 2.65. The Kier molecular flexibility index (Phi) is 6.66. The highest BCUT2D eigenvalue weighted by Gasteiger charge is 2.33. The smallest absolute Gasteiger partial charge is 0.243 e. The first-order valence-electron chi connectivity index (χ1n) is 9.37. The largest absolute Gasteiger partial charge is 0.329 e. The van der Waals surface area contributed by atoms with Gasteiger partial charge in [-0.05, 0) is 42.9 Å². The monoisotopic (exact) mass is 391 g/mol. The summed E-state index contributed by atoms with van der Waals surface area (Å²) >= 11 is 0. The summed E-state index contributed by atoms with van der Waals surface area (Å²) in [6.45, 7) is 9.32. The second-order valence-corrected chi connectivity index (χ2v) is 9.90. The number of nitriles is 1. The van der Waals surface area contributed by atoms with Gasteiger partial charge < -0.3 is 4.90 Å². The van der Waals surface area contributed by atoms with E-state index in [4.69, 9.17) is 5.26 Å². The minimum atomic E-state index is -3.55. The lowest BCUT2D eigenvalue weighted by Gasteiger charge is -2.32. The minimum Gasteiger partial charge on any atom is -0.329 e. The minimum absolute atomic E-state index is 0.0322. The zero-order valence-corrected chi connectivity index (χ0v) is 17.4. The lowest BCUT2D eigenvalue weighted by molar-refractivity contribution is -0.135. The molecule has 7 heteroatoms. The lowest BCUT2D eigenvalue weighted by Crippen LogP contribution is -2.44. The van der Waals surface area contributed by atoms with Gasteiger partial charge in [0.05, 0.1) is 11.0 Å². The Morgan fingerprint density at radius 1 is 1.22 bits per heavy atom. The van der Waals surface area contributed by atoms with Gasteiger partial charge in [-0.15, -0.1) is 0 Å². The van der Waals surface area contributed by atoms with Crippen LogP contribution in [0.2, 0.25) is 0 Å². The molecule has 0 aromatic heterocycles. The Labute approximate surface area is 162 Å². The van der Waals surface area contributed by atoms with Crippen molar-refractivity contribution in [1.29, 1.82) is 5.26 Å². The predicted octanol–water partition coefficient (Wildman–Crippen LogP) is 2.76. The Balaban J connectivity index is 2.06. The number of carbonyl (C=O) groups is 1. The normalized spacial score (nSPS) is 16.7. The summed E-state index contributed by atoms with van der Waals surface area (Å²) in [6.07, 6.45) is 0.972. The summed E-state index contributed by atoms with van der Waals surface area (Å²) < 4.78 is 27.3. The van der Waals surface area contributed by atoms with E-state index in [0.29, 0.717) is 37.4 Å². The second-order valence-electron chi connectivity index (χ2n) is 7.96. The Morgan fingerprint density at radius 2 is 1.78 bits per heavy atom. The molecule has 0 N–H and O–H groups in total. The van der Waals surface area contributed by atoms with Crippen LogP contribution in [0.4, 0.5) is 0 Å². The average molecular weight is 392 g/mol. The maximum atomic E-state index is 12.9. The van der Waals surface area contributed by atoms with Gasteiger partial charge in [0.2, 0.25) is 15.9 Å². The first-order valence-corrected chi connectivity index (χ1v) is 10.8. The number of hydrogen-bond acceptors (Lipinski definition) is 4. The zero-order valence-electron chi connectivity index (χ0n) is 16.6. The van der Waals surface area contributed by atoms with Crippen LogP contribution in [0.3, 0.4) is 0 Å². The van der Waals surface area contributed by atoms with E-state index >= 15 is 0 Å². The number of amides is 1. The first-order chi connectivity index (χ1) is 12.6. The fourth-order valence-electron chi connectivity index (χ4n) is 3.31. The van der Waals surface area contributed by atoms with Crippen molar-refractivity contribution in [2.24, 2.45) is 5.92 Å². The third-order valence-corrected chi connectivity index (χ3v) is 7.03. The van der Waals surface area contributed by atoms with E-state index in [-0.39, 0.29) is 23.8 Å². The molecule has 0 saturated carbocycles. The molecule has 6 nitrogen and oxygen atoms in total. The molecule has 0 spiro atoms. The van der Waals surface area contributed by atoms with Crippen LogP contribution in [0.1, 0.15) is 46.1 Å². The molecule has 0 unspecified atom stereocenters. The van der Waals surface area contributed by atoms with Gasteiger partial charge in [0.25, 0.3) is 0 Å². The van der Waals surface area contributed by atoms with Crippen LogP contribution in [0.15, 0.2) is 29.2 Å². The topological polar surface area (TPSA) is 81.5 Å². The standard InChI is InChI=1S/C20H29N3O3S/c1-5-22(15-12-21)19(24)16-10-13-23(14-11-16)27(25,26)18-8-6-17(7-9-18)20(2,3)4/h6-9,16H,5,10-11,13-15H2,1-4H3. The van der Waals surface area contributed by atoms with Crippen molar-refractivity contribution in [1.82, 2.24) is 9.21 Å². The van der Waals surface area contributed by atoms with Gasteiger partial charge in [-0.3, -0.25) is 4.79 Å². The van der Waals surface area contributed by atoms with Crippen molar-refractivity contribution in [3.05, 3.63) is 29.8 Å². The Morgan fingerprint density at radius 3 is 2.22 bits per heavy atom.